The fraction of sp³-hybridized carbons (Fsp3) is 0.312. The van der Waals surface area contributed by atoms with Crippen LogP contribution < -0.4 is 4.90 Å². The minimum Gasteiger partial charge on any atom is -0.352 e. The van der Waals surface area contributed by atoms with Crippen LogP contribution in [0.1, 0.15) is 5.56 Å². The maximum absolute atomic E-state index is 14.1. The van der Waals surface area contributed by atoms with Crippen LogP contribution in [0, 0.1) is 5.82 Å². The maximum Gasteiger partial charge on any atom is 0.182 e. The number of anilines is 1. The molecule has 0 unspecified atom stereocenters. The highest BCUT2D eigenvalue weighted by Gasteiger charge is 2.21. The van der Waals surface area contributed by atoms with Gasteiger partial charge in [-0.15, -0.1) is 0 Å². The molecule has 124 valence electrons. The highest BCUT2D eigenvalue weighted by Crippen LogP contribution is 2.23. The van der Waals surface area contributed by atoms with Crippen molar-refractivity contribution in [2.45, 2.75) is 6.54 Å². The number of benzene rings is 1. The van der Waals surface area contributed by atoms with Crippen molar-refractivity contribution in [3.8, 4) is 0 Å². The summed E-state index contributed by atoms with van der Waals surface area (Å²) in [5, 5.41) is 0. The maximum atomic E-state index is 14.1. The lowest BCUT2D eigenvalue weighted by Crippen LogP contribution is -2.46. The van der Waals surface area contributed by atoms with Crippen molar-refractivity contribution in [1.82, 2.24) is 24.8 Å². The van der Waals surface area contributed by atoms with Crippen LogP contribution in [0.5, 0.6) is 0 Å². The van der Waals surface area contributed by atoms with E-state index in [4.69, 9.17) is 0 Å². The molecule has 1 fully saturated rings. The van der Waals surface area contributed by atoms with Gasteiger partial charge < -0.3 is 9.88 Å². The molecule has 8 heteroatoms. The molecule has 3 heterocycles. The first kappa shape index (κ1) is 15.5. The summed E-state index contributed by atoms with van der Waals surface area (Å²) in [4.78, 5) is 20.3. The second kappa shape index (κ2) is 6.45. The molecule has 0 amide bonds. The monoisotopic (exact) mass is 390 g/mol. The van der Waals surface area contributed by atoms with Gasteiger partial charge in [0, 0.05) is 38.3 Å². The van der Waals surface area contributed by atoms with Gasteiger partial charge in [0.05, 0.1) is 10.8 Å². The average Bonchev–Trinajstić information content (AvgIpc) is 3.08. The lowest BCUT2D eigenvalue weighted by molar-refractivity contribution is 0.246. The molecular weight excluding hydrogens is 375 g/mol. The summed E-state index contributed by atoms with van der Waals surface area (Å²) >= 11 is 3.24. The van der Waals surface area contributed by atoms with E-state index in [1.807, 2.05) is 12.1 Å². The number of halogens is 2. The third-order valence-electron chi connectivity index (χ3n) is 4.30. The Hall–Kier alpha value is -2.06. The summed E-state index contributed by atoms with van der Waals surface area (Å²) in [5.41, 5.74) is 2.26. The minimum atomic E-state index is -0.171. The molecule has 0 saturated carbocycles. The van der Waals surface area contributed by atoms with E-state index < -0.39 is 0 Å². The van der Waals surface area contributed by atoms with Gasteiger partial charge in [0.1, 0.15) is 17.7 Å². The molecule has 1 saturated heterocycles. The van der Waals surface area contributed by atoms with Crippen molar-refractivity contribution in [2.24, 2.45) is 0 Å². The van der Waals surface area contributed by atoms with E-state index in [0.717, 1.165) is 43.1 Å². The van der Waals surface area contributed by atoms with E-state index in [-0.39, 0.29) is 5.82 Å². The molecule has 0 radical (unpaired) electrons. The van der Waals surface area contributed by atoms with Crippen LogP contribution in [-0.4, -0.2) is 51.0 Å². The predicted octanol–water partition coefficient (Wildman–Crippen LogP) is 2.58. The molecule has 1 aliphatic heterocycles. The molecule has 6 nitrogen and oxygen atoms in total. The van der Waals surface area contributed by atoms with Crippen molar-refractivity contribution in [3.63, 3.8) is 0 Å². The van der Waals surface area contributed by atoms with Gasteiger partial charge in [0.15, 0.2) is 11.5 Å². The third-order valence-corrected chi connectivity index (χ3v) is 4.91. The number of H-pyrrole nitrogens is 1. The zero-order valence-electron chi connectivity index (χ0n) is 12.9. The number of imidazole rings is 1. The topological polar surface area (TPSA) is 60.9 Å². The van der Waals surface area contributed by atoms with E-state index >= 15 is 0 Å². The van der Waals surface area contributed by atoms with Crippen LogP contribution in [0.4, 0.5) is 10.2 Å². The summed E-state index contributed by atoms with van der Waals surface area (Å²) in [6.07, 6.45) is 3.18. The first-order valence-electron chi connectivity index (χ1n) is 7.76. The second-order valence-electron chi connectivity index (χ2n) is 5.77. The van der Waals surface area contributed by atoms with Crippen LogP contribution in [-0.2, 0) is 6.54 Å². The summed E-state index contributed by atoms with van der Waals surface area (Å²) in [6.45, 7) is 3.99. The van der Waals surface area contributed by atoms with E-state index in [1.54, 1.807) is 18.7 Å². The molecule has 4 rings (SSSR count). The van der Waals surface area contributed by atoms with Gasteiger partial charge in [-0.2, -0.15) is 0 Å². The summed E-state index contributed by atoms with van der Waals surface area (Å²) < 4.78 is 14.6. The van der Waals surface area contributed by atoms with Crippen molar-refractivity contribution in [3.05, 3.63) is 46.7 Å². The average molecular weight is 391 g/mol. The van der Waals surface area contributed by atoms with E-state index in [1.165, 1.54) is 0 Å². The molecule has 0 bridgehead atoms. The first-order valence-corrected chi connectivity index (χ1v) is 8.56. The second-order valence-corrected chi connectivity index (χ2v) is 6.63. The highest BCUT2D eigenvalue weighted by atomic mass is 79.9. The third kappa shape index (κ3) is 2.87. The van der Waals surface area contributed by atoms with Crippen molar-refractivity contribution < 1.29 is 4.39 Å². The molecule has 2 aromatic heterocycles. The van der Waals surface area contributed by atoms with Crippen LogP contribution >= 0.6 is 15.9 Å². The lowest BCUT2D eigenvalue weighted by Gasteiger charge is -2.35. The van der Waals surface area contributed by atoms with Crippen molar-refractivity contribution in [1.29, 1.82) is 0 Å². The fourth-order valence-corrected chi connectivity index (χ4v) is 3.43. The number of hydrogen-bond acceptors (Lipinski definition) is 5. The van der Waals surface area contributed by atoms with Crippen LogP contribution in [0.2, 0.25) is 0 Å². The highest BCUT2D eigenvalue weighted by molar-refractivity contribution is 9.10. The SMILES string of the molecule is Fc1c(Br)cccc1CN1CCN(c2ncnc3nc[nH]c23)CC1. The fourth-order valence-electron chi connectivity index (χ4n) is 3.02. The summed E-state index contributed by atoms with van der Waals surface area (Å²) in [6, 6.07) is 5.43. The van der Waals surface area contributed by atoms with Crippen LogP contribution in [0.15, 0.2) is 35.3 Å². The number of aromatic nitrogens is 4. The molecule has 0 aliphatic carbocycles. The van der Waals surface area contributed by atoms with E-state index in [9.17, 15) is 4.39 Å². The van der Waals surface area contributed by atoms with Gasteiger partial charge in [-0.3, -0.25) is 4.90 Å². The molecule has 0 atom stereocenters. The molecule has 24 heavy (non-hydrogen) atoms. The Kier molecular flexibility index (Phi) is 4.15. The Labute approximate surface area is 146 Å². The number of aromatic amines is 1. The van der Waals surface area contributed by atoms with Gasteiger partial charge in [0.25, 0.3) is 0 Å². The number of nitrogens with one attached hydrogen (secondary N) is 1. The van der Waals surface area contributed by atoms with Gasteiger partial charge in [0.2, 0.25) is 0 Å². The van der Waals surface area contributed by atoms with Crippen LogP contribution in [0.25, 0.3) is 11.2 Å². The van der Waals surface area contributed by atoms with Crippen molar-refractivity contribution >= 4 is 32.9 Å². The van der Waals surface area contributed by atoms with Gasteiger partial charge in [-0.1, -0.05) is 12.1 Å². The molecule has 3 aromatic rings. The number of nitrogens with zero attached hydrogens (tertiary/aromatic N) is 5. The lowest BCUT2D eigenvalue weighted by atomic mass is 10.2. The zero-order valence-corrected chi connectivity index (χ0v) is 14.5. The van der Waals surface area contributed by atoms with Gasteiger partial charge >= 0.3 is 0 Å². The zero-order chi connectivity index (χ0) is 16.5. The molecular formula is C16H16BrFN6. The predicted molar refractivity (Wildman–Crippen MR) is 93.3 cm³/mol. The summed E-state index contributed by atoms with van der Waals surface area (Å²) in [7, 11) is 0. The Morgan fingerprint density at radius 1 is 1.12 bits per heavy atom. The minimum absolute atomic E-state index is 0.171. The Bertz CT molecular complexity index is 859. The number of fused-ring (bicyclic) bond motifs is 1. The van der Waals surface area contributed by atoms with Gasteiger partial charge in [-0.25, -0.2) is 19.3 Å². The van der Waals surface area contributed by atoms with E-state index in [0.29, 0.717) is 16.7 Å². The Morgan fingerprint density at radius 3 is 2.79 bits per heavy atom. The molecule has 0 spiro atoms. The molecule has 1 aliphatic rings. The first-order chi connectivity index (χ1) is 11.7. The summed E-state index contributed by atoms with van der Waals surface area (Å²) in [5.74, 6) is 0.709. The standard InChI is InChI=1S/C16H16BrFN6/c17-12-3-1-2-11(13(12)18)8-23-4-6-24(7-5-23)16-14-15(20-9-19-14)21-10-22-16/h1-3,9-10H,4-8H2,(H,19,20,21,22). The van der Waals surface area contributed by atoms with Crippen molar-refractivity contribution in [2.75, 3.05) is 31.1 Å². The molecule has 1 N–H and O–H groups in total. The molecule has 1 aromatic carbocycles. The number of hydrogen-bond donors (Lipinski definition) is 1. The smallest absolute Gasteiger partial charge is 0.182 e. The van der Waals surface area contributed by atoms with Crippen LogP contribution in [0.3, 0.4) is 0 Å². The Balaban J connectivity index is 1.45. The Morgan fingerprint density at radius 2 is 1.96 bits per heavy atom. The van der Waals surface area contributed by atoms with Gasteiger partial charge in [-0.05, 0) is 22.0 Å². The van der Waals surface area contributed by atoms with E-state index in [2.05, 4.69) is 45.7 Å². The largest absolute Gasteiger partial charge is 0.352 e. The number of piperazine rings is 1. The number of rotatable bonds is 3. The normalized spacial score (nSPS) is 16.0. The quantitative estimate of drug-likeness (QED) is 0.744.